The number of rotatable bonds is 10. The van der Waals surface area contributed by atoms with Gasteiger partial charge < -0.3 is 4.74 Å². The number of hydrogen-bond donors (Lipinski definition) is 0. The summed E-state index contributed by atoms with van der Waals surface area (Å²) >= 11 is 0. The van der Waals surface area contributed by atoms with Crippen LogP contribution in [0.25, 0.3) is 0 Å². The maximum atomic E-state index is 12.3. The third-order valence-corrected chi connectivity index (χ3v) is 7.48. The Balaban J connectivity index is 1.70. The Morgan fingerprint density at radius 2 is 1.66 bits per heavy atom. The van der Waals surface area contributed by atoms with Crippen molar-refractivity contribution in [3.05, 3.63) is 29.8 Å². The van der Waals surface area contributed by atoms with Crippen LogP contribution in [0.5, 0.6) is 5.75 Å². The molecule has 164 valence electrons. The molecule has 0 N–H and O–H groups in total. The zero-order valence-electron chi connectivity index (χ0n) is 18.1. The molecule has 1 aromatic rings. The van der Waals surface area contributed by atoms with Crippen molar-refractivity contribution in [3.63, 3.8) is 0 Å². The first-order valence-corrected chi connectivity index (χ1v) is 11.7. The minimum Gasteiger partial charge on any atom is -0.494 e. The van der Waals surface area contributed by atoms with Crippen LogP contribution in [-0.4, -0.2) is 12.8 Å². The number of halogens is 3. The number of alkyl halides is 3. The quantitative estimate of drug-likeness (QED) is 0.354. The average molecular weight is 411 g/mol. The fraction of sp³-hybridized carbons (Fsp3) is 0.760. The minimum atomic E-state index is -4.10. The molecule has 1 unspecified atom stereocenters. The maximum Gasteiger partial charge on any atom is 0.389 e. The van der Waals surface area contributed by atoms with Crippen molar-refractivity contribution in [2.24, 2.45) is 17.8 Å². The summed E-state index contributed by atoms with van der Waals surface area (Å²) in [5, 5.41) is 0. The number of fused-ring (bicyclic) bond motifs is 3. The smallest absolute Gasteiger partial charge is 0.389 e. The molecule has 3 fully saturated rings. The van der Waals surface area contributed by atoms with E-state index in [1.54, 1.807) is 0 Å². The largest absolute Gasteiger partial charge is 0.494 e. The van der Waals surface area contributed by atoms with E-state index in [0.29, 0.717) is 11.2 Å². The predicted octanol–water partition coefficient (Wildman–Crippen LogP) is 8.07. The average Bonchev–Trinajstić information content (AvgIpc) is 2.71. The van der Waals surface area contributed by atoms with E-state index in [2.05, 4.69) is 26.0 Å². The van der Waals surface area contributed by atoms with Crippen LogP contribution in [0.2, 0.25) is 0 Å². The summed E-state index contributed by atoms with van der Waals surface area (Å²) in [7, 11) is 0. The summed E-state index contributed by atoms with van der Waals surface area (Å²) in [4.78, 5) is 0. The Bertz CT molecular complexity index is 608. The highest BCUT2D eigenvalue weighted by molar-refractivity contribution is 5.35. The van der Waals surface area contributed by atoms with E-state index in [1.807, 2.05) is 12.1 Å². The maximum absolute atomic E-state index is 12.3. The van der Waals surface area contributed by atoms with Crippen molar-refractivity contribution in [1.29, 1.82) is 0 Å². The van der Waals surface area contributed by atoms with Gasteiger partial charge in [0.25, 0.3) is 0 Å². The van der Waals surface area contributed by atoms with Crippen LogP contribution in [-0.2, 0) is 5.41 Å². The van der Waals surface area contributed by atoms with Gasteiger partial charge in [-0.2, -0.15) is 13.2 Å². The molecule has 3 aliphatic rings. The van der Waals surface area contributed by atoms with Gasteiger partial charge in [0.05, 0.1) is 6.61 Å². The van der Waals surface area contributed by atoms with Crippen LogP contribution in [0.1, 0.15) is 90.0 Å². The molecule has 2 bridgehead atoms. The van der Waals surface area contributed by atoms with Crippen molar-refractivity contribution in [3.8, 4) is 5.75 Å². The van der Waals surface area contributed by atoms with Crippen LogP contribution >= 0.6 is 0 Å². The van der Waals surface area contributed by atoms with Gasteiger partial charge in [0.15, 0.2) is 0 Å². The van der Waals surface area contributed by atoms with Gasteiger partial charge in [0, 0.05) is 6.42 Å². The van der Waals surface area contributed by atoms with Crippen molar-refractivity contribution in [2.45, 2.75) is 96.1 Å². The normalized spacial score (nSPS) is 26.8. The van der Waals surface area contributed by atoms with Crippen LogP contribution in [0.15, 0.2) is 24.3 Å². The molecule has 3 saturated carbocycles. The monoisotopic (exact) mass is 410 g/mol. The molecule has 0 amide bonds. The molecule has 1 nitrogen and oxygen atoms in total. The lowest BCUT2D eigenvalue weighted by molar-refractivity contribution is -0.136. The van der Waals surface area contributed by atoms with Crippen LogP contribution < -0.4 is 4.74 Å². The zero-order valence-corrected chi connectivity index (χ0v) is 18.1. The molecule has 0 aliphatic heterocycles. The summed E-state index contributed by atoms with van der Waals surface area (Å²) in [6.07, 6.45) is 6.93. The molecule has 3 aliphatic carbocycles. The molecule has 0 aromatic heterocycles. The fourth-order valence-corrected chi connectivity index (χ4v) is 6.16. The predicted molar refractivity (Wildman–Crippen MR) is 112 cm³/mol. The summed E-state index contributed by atoms with van der Waals surface area (Å²) in [6, 6.07) is 8.35. The summed E-state index contributed by atoms with van der Waals surface area (Å²) < 4.78 is 42.4. The molecule has 0 heterocycles. The third-order valence-electron chi connectivity index (χ3n) is 7.48. The van der Waals surface area contributed by atoms with Crippen LogP contribution in [0.3, 0.4) is 0 Å². The number of ether oxygens (including phenoxy) is 1. The third kappa shape index (κ3) is 5.49. The molecular formula is C25H37F3O. The Hall–Kier alpha value is -1.19. The topological polar surface area (TPSA) is 9.23 Å². The lowest BCUT2D eigenvalue weighted by Crippen LogP contribution is -2.48. The Labute approximate surface area is 174 Å². The molecular weight excluding hydrogens is 373 g/mol. The molecule has 4 heteroatoms. The van der Waals surface area contributed by atoms with Gasteiger partial charge in [0.1, 0.15) is 5.75 Å². The standard InChI is InChI=1S/C25H37F3O/c1-3-6-20(7-4-2)23-18-19-12-15-24(23,16-13-19)21-8-10-22(11-9-21)29-17-5-14-25(26,27)28/h8-11,19-20,23H,3-7,12-18H2,1-2H3. The molecule has 4 rings (SSSR count). The lowest BCUT2D eigenvalue weighted by Gasteiger charge is -2.55. The van der Waals surface area contributed by atoms with Gasteiger partial charge in [0.2, 0.25) is 0 Å². The summed E-state index contributed by atoms with van der Waals surface area (Å²) in [5.74, 6) is 3.18. The highest BCUT2D eigenvalue weighted by Gasteiger charge is 2.50. The van der Waals surface area contributed by atoms with E-state index in [0.717, 1.165) is 17.8 Å². The minimum absolute atomic E-state index is 0.00830. The summed E-state index contributed by atoms with van der Waals surface area (Å²) in [6.45, 7) is 4.73. The van der Waals surface area contributed by atoms with Gasteiger partial charge in [-0.1, -0.05) is 51.7 Å². The van der Waals surface area contributed by atoms with E-state index in [4.69, 9.17) is 4.74 Å². The molecule has 0 spiro atoms. The van der Waals surface area contributed by atoms with E-state index < -0.39 is 12.6 Å². The molecule has 0 radical (unpaired) electrons. The van der Waals surface area contributed by atoms with E-state index in [1.165, 1.54) is 63.4 Å². The molecule has 29 heavy (non-hydrogen) atoms. The van der Waals surface area contributed by atoms with Crippen molar-refractivity contribution in [1.82, 2.24) is 0 Å². The first-order valence-electron chi connectivity index (χ1n) is 11.7. The van der Waals surface area contributed by atoms with Gasteiger partial charge >= 0.3 is 6.18 Å². The van der Waals surface area contributed by atoms with Crippen molar-refractivity contribution < 1.29 is 17.9 Å². The number of hydrogen-bond acceptors (Lipinski definition) is 1. The highest BCUT2D eigenvalue weighted by Crippen LogP contribution is 2.58. The van der Waals surface area contributed by atoms with Gasteiger partial charge in [-0.3, -0.25) is 0 Å². The van der Waals surface area contributed by atoms with Crippen molar-refractivity contribution >= 4 is 0 Å². The SMILES string of the molecule is CCCC(CCC)C1CC2CCC1(c1ccc(OCCCC(F)(F)F)cc1)CC2. The second kappa shape index (κ2) is 9.75. The first-order chi connectivity index (χ1) is 13.9. The van der Waals surface area contributed by atoms with Crippen LogP contribution in [0.4, 0.5) is 13.2 Å². The van der Waals surface area contributed by atoms with Gasteiger partial charge in [-0.25, -0.2) is 0 Å². The lowest BCUT2D eigenvalue weighted by atomic mass is 9.49. The second-order valence-electron chi connectivity index (χ2n) is 9.37. The molecule has 1 aromatic carbocycles. The van der Waals surface area contributed by atoms with E-state index in [9.17, 15) is 13.2 Å². The van der Waals surface area contributed by atoms with Crippen LogP contribution in [0, 0.1) is 17.8 Å². The zero-order chi connectivity index (χ0) is 20.9. The summed E-state index contributed by atoms with van der Waals surface area (Å²) in [5.41, 5.74) is 1.72. The Morgan fingerprint density at radius 3 is 2.21 bits per heavy atom. The van der Waals surface area contributed by atoms with Crippen molar-refractivity contribution in [2.75, 3.05) is 6.61 Å². The van der Waals surface area contributed by atoms with Gasteiger partial charge in [-0.15, -0.1) is 0 Å². The van der Waals surface area contributed by atoms with E-state index in [-0.39, 0.29) is 13.0 Å². The number of benzene rings is 1. The Kier molecular flexibility index (Phi) is 7.56. The Morgan fingerprint density at radius 1 is 1.03 bits per heavy atom. The molecule has 0 saturated heterocycles. The fourth-order valence-electron chi connectivity index (χ4n) is 6.16. The first kappa shape index (κ1) is 22.5. The highest BCUT2D eigenvalue weighted by atomic mass is 19.4. The van der Waals surface area contributed by atoms with E-state index >= 15 is 0 Å². The second-order valence-corrected chi connectivity index (χ2v) is 9.37. The molecule has 1 atom stereocenters. The van der Waals surface area contributed by atoms with Gasteiger partial charge in [-0.05, 0) is 79.4 Å².